The molecule has 9 unspecified atom stereocenters. The van der Waals surface area contributed by atoms with Gasteiger partial charge >= 0.3 is 18.0 Å². The fraction of sp³-hybridized carbons (Fsp3) is 0.355. The number of aromatic nitrogens is 22. The Bertz CT molecular complexity index is 7440. The van der Waals surface area contributed by atoms with Gasteiger partial charge in [0, 0.05) is 84.5 Å². The molecule has 43 heteroatoms. The van der Waals surface area contributed by atoms with E-state index in [1.807, 2.05) is 27.7 Å². The Kier molecular flexibility index (Phi) is 25.5. The molecule has 6 aliphatic rings. The number of benzene rings is 4. The zero-order chi connectivity index (χ0) is 95.6. The first-order valence-electron chi connectivity index (χ1n) is 44.2. The third kappa shape index (κ3) is 19.1. The summed E-state index contributed by atoms with van der Waals surface area (Å²) in [4.78, 5) is 93.1. The van der Waals surface area contributed by atoms with Gasteiger partial charge in [-0.2, -0.15) is 29.9 Å². The molecule has 704 valence electrons. The number of anilines is 2. The number of fused-ring (bicyclic) bond motifs is 15. The van der Waals surface area contributed by atoms with Crippen LogP contribution < -0.4 is 34.1 Å². The van der Waals surface area contributed by atoms with E-state index in [4.69, 9.17) is 39.1 Å². The van der Waals surface area contributed by atoms with Crippen LogP contribution in [0.1, 0.15) is 98.3 Å². The van der Waals surface area contributed by atoms with E-state index < -0.39 is 35.7 Å². The van der Waals surface area contributed by atoms with Crippen LogP contribution in [0, 0.1) is 93.4 Å². The molecule has 0 spiro atoms. The van der Waals surface area contributed by atoms with Crippen molar-refractivity contribution < 1.29 is 73.8 Å². The van der Waals surface area contributed by atoms with Gasteiger partial charge < -0.3 is 74.4 Å². The summed E-state index contributed by atoms with van der Waals surface area (Å²) in [6.07, 6.45) is 21.6. The zero-order valence-electron chi connectivity index (χ0n) is 75.6. The molecule has 136 heavy (non-hydrogen) atoms. The van der Waals surface area contributed by atoms with E-state index >= 15 is 0 Å². The molecule has 0 amide bonds. The number of ether oxygens (including phenoxy) is 4. The first-order chi connectivity index (χ1) is 65.2. The van der Waals surface area contributed by atoms with E-state index in [1.165, 1.54) is 73.6 Å². The number of aliphatic hydroxyl groups is 3. The lowest BCUT2D eigenvalue weighted by Crippen LogP contribution is -2.39. The molecule has 0 bridgehead atoms. The molecular formula is C93H95F4N25O12S2. The van der Waals surface area contributed by atoms with E-state index in [0.717, 1.165) is 119 Å². The predicted molar refractivity (Wildman–Crippen MR) is 495 cm³/mol. The summed E-state index contributed by atoms with van der Waals surface area (Å²) in [5.41, 5.74) is 7.88. The van der Waals surface area contributed by atoms with Crippen LogP contribution in [0.25, 0.3) is 87.7 Å². The number of aliphatic hydroxyl groups excluding tert-OH is 3. The summed E-state index contributed by atoms with van der Waals surface area (Å²) in [5.74, 6) is 7.82. The molecular weight excluding hydrogens is 1800 g/mol. The highest BCUT2D eigenvalue weighted by molar-refractivity contribution is 7.91. The molecule has 17 aromatic rings. The number of nitrogens with zero attached hydrogens (tertiary/aromatic N) is 20. The number of aromatic amines is 4. The van der Waals surface area contributed by atoms with Gasteiger partial charge in [-0.3, -0.25) is 0 Å². The minimum Gasteiger partial charge on any atom is -0.505 e. The molecule has 3 saturated heterocycles. The van der Waals surface area contributed by atoms with Crippen molar-refractivity contribution >= 4 is 119 Å². The van der Waals surface area contributed by atoms with Gasteiger partial charge in [-0.1, -0.05) is 27.7 Å². The maximum atomic E-state index is 14.4. The maximum absolute atomic E-state index is 14.4. The molecule has 3 aliphatic carbocycles. The number of halogens is 4. The Balaban J connectivity index is 0.000000115. The van der Waals surface area contributed by atoms with Crippen molar-refractivity contribution in [3.8, 4) is 52.7 Å². The van der Waals surface area contributed by atoms with Gasteiger partial charge in [0.05, 0.1) is 124 Å². The average Bonchev–Trinajstić information content (AvgIpc) is 1.58. The number of aryl methyl sites for hydroxylation is 9. The molecule has 3 aliphatic heterocycles. The van der Waals surface area contributed by atoms with E-state index in [-0.39, 0.29) is 88.3 Å². The number of nitrogens with one attached hydrogen (secondary N) is 5. The quantitative estimate of drug-likeness (QED) is 0.0246. The van der Waals surface area contributed by atoms with Crippen LogP contribution in [0.4, 0.5) is 29.2 Å². The van der Waals surface area contributed by atoms with Crippen molar-refractivity contribution in [1.29, 1.82) is 0 Å². The topological polar surface area (TPSA) is 500 Å². The highest BCUT2D eigenvalue weighted by Crippen LogP contribution is 2.48. The van der Waals surface area contributed by atoms with Crippen LogP contribution in [0.15, 0.2) is 121 Å². The van der Waals surface area contributed by atoms with Gasteiger partial charge in [-0.15, -0.1) is 0 Å². The Labute approximate surface area is 774 Å². The van der Waals surface area contributed by atoms with Crippen LogP contribution >= 0.6 is 0 Å². The summed E-state index contributed by atoms with van der Waals surface area (Å²) in [6.45, 7) is 21.9. The van der Waals surface area contributed by atoms with Crippen LogP contribution in [0.3, 0.4) is 0 Å². The third-order valence-corrected chi connectivity index (χ3v) is 27.0. The molecule has 37 nitrogen and oxygen atoms in total. The standard InChI is InChI=1S/2C23H23FN6O2.C22H18FN7O2.C14H14FN3O4S2.C6H11NO.C5H6N2O/c2*1-3-12-4-14(24)6-16-19-21(27-20(12)16)28-23(32-15-7-25-11(2)26-8-15)29-22(19)30-9-13-5-18(31)17(13)10-30;1-4-13-5-14(23)6-17-18-20(28-19(13)17)29-22(32-16-9-26-12(3)27-10-16)30-21(18)31-15-7-24-11(2)25-8-15;1-4-7-5-8(15)6-9-10-12(16-11(7)9)17-14(24(3,21)22)18-13(10)23(2,19)20;8-6-1-4-2-7-3-5(4)6;1-4-6-2-5(8)3-7-4/h2*4,6-8,13,17-18,31H,3,5,9-10H2,1-2H3,(H,27,28,29);5-10H,4H2,1-3H3,(H,28,29,30);5-6H,4H2,1-3H3,(H,16,17,18);4-8H,1-3H2;2-3,8H,1H3. The number of rotatable bonds is 16. The molecule has 13 aromatic heterocycles. The smallest absolute Gasteiger partial charge is 0.327 e. The number of hydrogen-bond acceptors (Lipinski definition) is 33. The van der Waals surface area contributed by atoms with E-state index in [1.54, 1.807) is 71.5 Å². The molecule has 9 atom stereocenters. The van der Waals surface area contributed by atoms with Crippen molar-refractivity contribution in [2.75, 3.05) is 61.6 Å². The second-order valence-corrected chi connectivity index (χ2v) is 38.3. The summed E-state index contributed by atoms with van der Waals surface area (Å²) in [7, 11) is -7.68. The number of aromatic hydroxyl groups is 1. The van der Waals surface area contributed by atoms with Gasteiger partial charge in [0.25, 0.3) is 0 Å². The van der Waals surface area contributed by atoms with Crippen LogP contribution in [-0.2, 0) is 45.4 Å². The largest absolute Gasteiger partial charge is 0.505 e. The monoisotopic (exact) mass is 1890 g/mol. The van der Waals surface area contributed by atoms with E-state index in [0.29, 0.717) is 164 Å². The second kappa shape index (κ2) is 37.6. The summed E-state index contributed by atoms with van der Waals surface area (Å²) in [5, 5.41) is 44.8. The minimum absolute atomic E-state index is 0.0231. The maximum Gasteiger partial charge on any atom is 0.327 e. The van der Waals surface area contributed by atoms with Crippen molar-refractivity contribution in [2.45, 2.75) is 136 Å². The van der Waals surface area contributed by atoms with Crippen molar-refractivity contribution in [1.82, 2.24) is 115 Å². The van der Waals surface area contributed by atoms with Crippen molar-refractivity contribution in [3.63, 3.8) is 0 Å². The normalized spacial score (nSPS) is 19.1. The fourth-order valence-electron chi connectivity index (χ4n) is 18.2. The predicted octanol–water partition coefficient (Wildman–Crippen LogP) is 13.3. The molecule has 3 saturated carbocycles. The Hall–Kier alpha value is -14.1. The van der Waals surface area contributed by atoms with Crippen LogP contribution in [0.5, 0.6) is 52.7 Å². The number of H-pyrrole nitrogens is 4. The average molecular weight is 1900 g/mol. The van der Waals surface area contributed by atoms with E-state index in [2.05, 4.69) is 115 Å². The highest BCUT2D eigenvalue weighted by Gasteiger charge is 2.49. The SMILES string of the molecule is CCc1cc(F)cc2c1[nH]c1nc(Oc3cnc(C)nc3)nc(N3CC4CC(O)C4C3)c12.CCc1cc(F)cc2c1[nH]c1nc(Oc3cnc(C)nc3)nc(N3CC4CC(O)C4C3)c12.CCc1cc(F)cc2c1[nH]c1nc(Oc3cnc(C)nc3)nc(Oc3cnc(C)nc3)c12.CCc1cc(F)cc2c1[nH]c1nc(S(C)(=O)=O)nc(S(C)(=O)=O)c12.Cc1ncc(O)cn1.OC1CC2CNCC12. The molecule has 9 N–H and O–H groups in total. The second-order valence-electron chi connectivity index (χ2n) is 34.5. The van der Waals surface area contributed by atoms with Gasteiger partial charge in [0.15, 0.2) is 43.6 Å². The van der Waals surface area contributed by atoms with Gasteiger partial charge in [-0.25, -0.2) is 94.2 Å². The van der Waals surface area contributed by atoms with Crippen molar-refractivity contribution in [2.24, 2.45) is 35.5 Å². The Morgan fingerprint density at radius 2 is 0.699 bits per heavy atom. The first kappa shape index (κ1) is 92.3. The molecule has 0 radical (unpaired) electrons. The molecule has 23 rings (SSSR count). The van der Waals surface area contributed by atoms with Gasteiger partial charge in [0.2, 0.25) is 20.9 Å². The highest BCUT2D eigenvalue weighted by atomic mass is 32.2. The molecule has 4 aromatic carbocycles. The number of hydrogen-bond donors (Lipinski definition) is 9. The lowest BCUT2D eigenvalue weighted by Gasteiger charge is -2.35. The van der Waals surface area contributed by atoms with Crippen LogP contribution in [0.2, 0.25) is 0 Å². The fourth-order valence-corrected chi connectivity index (χ4v) is 19.6. The van der Waals surface area contributed by atoms with Gasteiger partial charge in [0.1, 0.15) is 86.6 Å². The number of sulfone groups is 2. The molecule has 6 fully saturated rings. The summed E-state index contributed by atoms with van der Waals surface area (Å²) < 4.78 is 128. The third-order valence-electron chi connectivity index (χ3n) is 25.2. The van der Waals surface area contributed by atoms with E-state index in [9.17, 15) is 44.6 Å². The first-order valence-corrected chi connectivity index (χ1v) is 48.0. The Morgan fingerprint density at radius 1 is 0.375 bits per heavy atom. The molecule has 16 heterocycles. The minimum atomic E-state index is -3.86. The van der Waals surface area contributed by atoms with Gasteiger partial charge in [-0.05, 0) is 175 Å². The van der Waals surface area contributed by atoms with Crippen molar-refractivity contribution in [3.05, 3.63) is 185 Å². The Morgan fingerprint density at radius 3 is 1.02 bits per heavy atom. The van der Waals surface area contributed by atoms with Crippen LogP contribution in [-0.4, -0.2) is 217 Å². The summed E-state index contributed by atoms with van der Waals surface area (Å²) in [6, 6.07) is 12.0. The zero-order valence-corrected chi connectivity index (χ0v) is 77.2. The lowest BCUT2D eigenvalue weighted by atomic mass is 9.74. The lowest BCUT2D eigenvalue weighted by molar-refractivity contribution is -0.00423. The summed E-state index contributed by atoms with van der Waals surface area (Å²) >= 11 is 0.